The van der Waals surface area contributed by atoms with Crippen molar-refractivity contribution in [2.45, 2.75) is 0 Å². The van der Waals surface area contributed by atoms with Crippen molar-refractivity contribution in [3.63, 3.8) is 0 Å². The Morgan fingerprint density at radius 3 is 2.57 bits per heavy atom. The van der Waals surface area contributed by atoms with Crippen molar-refractivity contribution in [2.24, 2.45) is 0 Å². The first-order valence-electron chi connectivity index (χ1n) is 5.58. The van der Waals surface area contributed by atoms with Gasteiger partial charge in [0, 0.05) is 0 Å². The second-order valence-electron chi connectivity index (χ2n) is 4.13. The van der Waals surface area contributed by atoms with Crippen LogP contribution in [0.1, 0.15) is 9.67 Å². The summed E-state index contributed by atoms with van der Waals surface area (Å²) >= 11 is 10.6. The number of sulfonamides is 1. The number of carbonyl (C=O) groups excluding carboxylic acids is 1. The van der Waals surface area contributed by atoms with E-state index in [9.17, 15) is 13.2 Å². The molecule has 9 heteroatoms. The van der Waals surface area contributed by atoms with E-state index in [4.69, 9.17) is 11.6 Å². The summed E-state index contributed by atoms with van der Waals surface area (Å²) < 4.78 is 25.6. The molecular weight excluding hydrogens is 400 g/mol. The minimum Gasteiger partial charge on any atom is -0.320 e. The summed E-state index contributed by atoms with van der Waals surface area (Å²) in [4.78, 5) is 12.6. The van der Waals surface area contributed by atoms with Gasteiger partial charge in [-0.2, -0.15) is 0 Å². The van der Waals surface area contributed by atoms with Crippen molar-refractivity contribution in [2.75, 3.05) is 16.3 Å². The summed E-state index contributed by atoms with van der Waals surface area (Å²) in [6.45, 7) is 0. The number of anilines is 2. The highest BCUT2D eigenvalue weighted by molar-refractivity contribution is 9.11. The van der Waals surface area contributed by atoms with Crippen LogP contribution in [0.4, 0.5) is 11.4 Å². The van der Waals surface area contributed by atoms with Crippen LogP contribution in [0.5, 0.6) is 0 Å². The molecular formula is C12H10BrClN2O3S2. The lowest BCUT2D eigenvalue weighted by molar-refractivity contribution is 0.103. The van der Waals surface area contributed by atoms with Crippen LogP contribution in [0.15, 0.2) is 34.1 Å². The van der Waals surface area contributed by atoms with Crippen molar-refractivity contribution in [3.05, 3.63) is 44.0 Å². The van der Waals surface area contributed by atoms with Crippen LogP contribution in [0.3, 0.4) is 0 Å². The third-order valence-electron chi connectivity index (χ3n) is 2.31. The van der Waals surface area contributed by atoms with Gasteiger partial charge in [0.2, 0.25) is 10.0 Å². The molecule has 1 aromatic carbocycles. The van der Waals surface area contributed by atoms with Crippen LogP contribution in [0.25, 0.3) is 0 Å². The number of carbonyl (C=O) groups is 1. The normalized spacial score (nSPS) is 11.2. The number of benzene rings is 1. The summed E-state index contributed by atoms with van der Waals surface area (Å²) in [7, 11) is -3.39. The number of rotatable bonds is 4. The summed E-state index contributed by atoms with van der Waals surface area (Å²) in [5, 5.41) is 2.97. The zero-order valence-electron chi connectivity index (χ0n) is 10.7. The summed E-state index contributed by atoms with van der Waals surface area (Å²) in [5.41, 5.74) is 0.657. The average Bonchev–Trinajstić information content (AvgIpc) is 2.78. The predicted octanol–water partition coefficient (Wildman–Crippen LogP) is 3.79. The van der Waals surface area contributed by atoms with Crippen LogP contribution < -0.4 is 10.0 Å². The van der Waals surface area contributed by atoms with E-state index in [1.807, 2.05) is 0 Å². The Morgan fingerprint density at radius 2 is 2.00 bits per heavy atom. The third kappa shape index (κ3) is 4.70. The Kier molecular flexibility index (Phi) is 4.92. The van der Waals surface area contributed by atoms with E-state index in [2.05, 4.69) is 26.0 Å². The van der Waals surface area contributed by atoms with Crippen molar-refractivity contribution in [3.8, 4) is 0 Å². The molecule has 0 unspecified atom stereocenters. The van der Waals surface area contributed by atoms with Gasteiger partial charge in [-0.05, 0) is 46.3 Å². The van der Waals surface area contributed by atoms with Gasteiger partial charge in [-0.25, -0.2) is 8.42 Å². The highest BCUT2D eigenvalue weighted by Crippen LogP contribution is 2.28. The monoisotopic (exact) mass is 408 g/mol. The number of halogens is 2. The van der Waals surface area contributed by atoms with Crippen molar-refractivity contribution in [1.29, 1.82) is 0 Å². The number of amides is 1. The Bertz CT molecular complexity index is 790. The second kappa shape index (κ2) is 6.35. The maximum atomic E-state index is 12.1. The van der Waals surface area contributed by atoms with Gasteiger partial charge in [0.15, 0.2) is 0 Å². The van der Waals surface area contributed by atoms with Crippen LogP contribution in [0, 0.1) is 0 Å². The van der Waals surface area contributed by atoms with E-state index < -0.39 is 10.0 Å². The Hall–Kier alpha value is -1.09. The summed E-state index contributed by atoms with van der Waals surface area (Å²) in [6, 6.07) is 7.93. The van der Waals surface area contributed by atoms with Crippen LogP contribution in [-0.2, 0) is 10.0 Å². The molecule has 1 heterocycles. The van der Waals surface area contributed by atoms with Gasteiger partial charge in [0.25, 0.3) is 5.91 Å². The number of hydrogen-bond donors (Lipinski definition) is 2. The SMILES string of the molecule is CS(=O)(=O)Nc1ccc(Cl)c(NC(=O)c2ccc(Br)s2)c1. The Labute approximate surface area is 139 Å². The number of hydrogen-bond acceptors (Lipinski definition) is 4. The molecule has 0 saturated carbocycles. The fraction of sp³-hybridized carbons (Fsp3) is 0.0833. The molecule has 0 aliphatic heterocycles. The van der Waals surface area contributed by atoms with Crippen molar-refractivity contribution < 1.29 is 13.2 Å². The molecule has 0 atom stereocenters. The topological polar surface area (TPSA) is 75.3 Å². The predicted molar refractivity (Wildman–Crippen MR) is 89.9 cm³/mol. The van der Waals surface area contributed by atoms with Gasteiger partial charge in [0.05, 0.1) is 31.3 Å². The fourth-order valence-electron chi connectivity index (χ4n) is 1.52. The lowest BCUT2D eigenvalue weighted by Crippen LogP contribution is -2.12. The number of thiophene rings is 1. The van der Waals surface area contributed by atoms with Crippen molar-refractivity contribution >= 4 is 66.2 Å². The molecule has 0 spiro atoms. The van der Waals surface area contributed by atoms with E-state index in [-0.39, 0.29) is 5.91 Å². The summed E-state index contributed by atoms with van der Waals surface area (Å²) in [6.07, 6.45) is 1.04. The van der Waals surface area contributed by atoms with Gasteiger partial charge in [-0.1, -0.05) is 11.6 Å². The molecule has 0 aliphatic carbocycles. The van der Waals surface area contributed by atoms with Gasteiger partial charge < -0.3 is 5.32 Å². The van der Waals surface area contributed by atoms with Gasteiger partial charge in [-0.15, -0.1) is 11.3 Å². The Morgan fingerprint density at radius 1 is 1.29 bits per heavy atom. The first-order chi connectivity index (χ1) is 9.74. The molecule has 2 N–H and O–H groups in total. The van der Waals surface area contributed by atoms with Crippen molar-refractivity contribution in [1.82, 2.24) is 0 Å². The molecule has 0 fully saturated rings. The molecule has 2 aromatic rings. The first kappa shape index (κ1) is 16.3. The smallest absolute Gasteiger partial charge is 0.265 e. The van der Waals surface area contributed by atoms with Crippen LogP contribution in [0.2, 0.25) is 5.02 Å². The lowest BCUT2D eigenvalue weighted by atomic mass is 10.2. The highest BCUT2D eigenvalue weighted by atomic mass is 79.9. The standard InChI is InChI=1S/C12H10BrClN2O3S2/c1-21(18,19)16-7-2-3-8(14)9(6-7)15-12(17)10-4-5-11(13)20-10/h2-6,16H,1H3,(H,15,17). The van der Waals surface area contributed by atoms with Crippen LogP contribution in [-0.4, -0.2) is 20.6 Å². The molecule has 21 heavy (non-hydrogen) atoms. The summed E-state index contributed by atoms with van der Waals surface area (Å²) in [5.74, 6) is -0.316. The molecule has 112 valence electrons. The minimum absolute atomic E-state index is 0.316. The lowest BCUT2D eigenvalue weighted by Gasteiger charge is -2.09. The second-order valence-corrected chi connectivity index (χ2v) is 8.75. The van der Waals surface area contributed by atoms with Gasteiger partial charge in [0.1, 0.15) is 0 Å². The molecule has 0 radical (unpaired) electrons. The highest BCUT2D eigenvalue weighted by Gasteiger charge is 2.12. The molecule has 1 amide bonds. The van der Waals surface area contributed by atoms with Crippen LogP contribution >= 0.6 is 38.9 Å². The van der Waals surface area contributed by atoms with E-state index in [0.29, 0.717) is 21.3 Å². The molecule has 0 aliphatic rings. The average molecular weight is 410 g/mol. The fourth-order valence-corrected chi connectivity index (χ4v) is 3.52. The van der Waals surface area contributed by atoms with E-state index in [1.54, 1.807) is 12.1 Å². The zero-order valence-corrected chi connectivity index (χ0v) is 14.7. The largest absolute Gasteiger partial charge is 0.320 e. The molecule has 2 rings (SSSR count). The van der Waals surface area contributed by atoms with Gasteiger partial charge >= 0.3 is 0 Å². The first-order valence-corrected chi connectivity index (χ1v) is 9.46. The molecule has 0 bridgehead atoms. The number of nitrogens with one attached hydrogen (secondary N) is 2. The maximum absolute atomic E-state index is 12.1. The molecule has 1 aromatic heterocycles. The van der Waals surface area contributed by atoms with E-state index >= 15 is 0 Å². The quantitative estimate of drug-likeness (QED) is 0.807. The van der Waals surface area contributed by atoms with E-state index in [1.165, 1.54) is 29.5 Å². The zero-order chi connectivity index (χ0) is 15.6. The van der Waals surface area contributed by atoms with Gasteiger partial charge in [-0.3, -0.25) is 9.52 Å². The third-order valence-corrected chi connectivity index (χ3v) is 4.87. The Balaban J connectivity index is 2.23. The molecule has 0 saturated heterocycles. The molecule has 5 nitrogen and oxygen atoms in total. The minimum atomic E-state index is -3.39. The maximum Gasteiger partial charge on any atom is 0.265 e. The van der Waals surface area contributed by atoms with E-state index in [0.717, 1.165) is 10.0 Å².